The number of benzene rings is 1. The second kappa shape index (κ2) is 6.75. The number of rotatable bonds is 5. The smallest absolute Gasteiger partial charge is 0.248 e. The average molecular weight is 276 g/mol. The summed E-state index contributed by atoms with van der Waals surface area (Å²) in [6, 6.07) is 5.42. The number of primary amides is 1. The lowest BCUT2D eigenvalue weighted by molar-refractivity contribution is 0.0999. The van der Waals surface area contributed by atoms with Crippen molar-refractivity contribution in [1.29, 1.82) is 0 Å². The maximum Gasteiger partial charge on any atom is 0.248 e. The van der Waals surface area contributed by atoms with E-state index in [-0.39, 0.29) is 0 Å². The van der Waals surface area contributed by atoms with Crippen LogP contribution in [0.3, 0.4) is 0 Å². The highest BCUT2D eigenvalue weighted by atomic mass is 16.5. The average Bonchev–Trinajstić information content (AvgIpc) is 2.45. The fraction of sp³-hybridized carbons (Fsp3) is 0.562. The van der Waals surface area contributed by atoms with Gasteiger partial charge in [0.1, 0.15) is 5.75 Å². The predicted molar refractivity (Wildman–Crippen MR) is 79.7 cm³/mol. The predicted octanol–water partition coefficient (Wildman–Crippen LogP) is 2.24. The monoisotopic (exact) mass is 276 g/mol. The van der Waals surface area contributed by atoms with Crippen molar-refractivity contribution in [3.05, 3.63) is 29.3 Å². The molecule has 0 saturated heterocycles. The zero-order chi connectivity index (χ0) is 14.5. The molecule has 0 spiro atoms. The minimum atomic E-state index is -0.399. The molecule has 1 saturated carbocycles. The van der Waals surface area contributed by atoms with Crippen molar-refractivity contribution in [3.63, 3.8) is 0 Å². The second-order valence-corrected chi connectivity index (χ2v) is 5.69. The van der Waals surface area contributed by atoms with Crippen molar-refractivity contribution < 1.29 is 9.53 Å². The van der Waals surface area contributed by atoms with Gasteiger partial charge in [-0.3, -0.25) is 4.79 Å². The number of ether oxygens (including phenoxy) is 1. The molecule has 1 aliphatic rings. The number of amides is 1. The quantitative estimate of drug-likeness (QED) is 0.865. The van der Waals surface area contributed by atoms with E-state index in [4.69, 9.17) is 16.2 Å². The maximum atomic E-state index is 11.2. The molecule has 20 heavy (non-hydrogen) atoms. The SMILES string of the molecule is Cc1cc(OCC2CCCCC2CN)ccc1C(N)=O. The number of carbonyl (C=O) groups excluding carboxylic acids is 1. The van der Waals surface area contributed by atoms with Crippen molar-refractivity contribution in [1.82, 2.24) is 0 Å². The molecule has 110 valence electrons. The van der Waals surface area contributed by atoms with Crippen LogP contribution >= 0.6 is 0 Å². The third-order valence-electron chi connectivity index (χ3n) is 4.30. The summed E-state index contributed by atoms with van der Waals surface area (Å²) < 4.78 is 5.89. The van der Waals surface area contributed by atoms with Crippen LogP contribution in [0.25, 0.3) is 0 Å². The van der Waals surface area contributed by atoms with Crippen LogP contribution in [0.1, 0.15) is 41.6 Å². The molecule has 4 N–H and O–H groups in total. The summed E-state index contributed by atoms with van der Waals surface area (Å²) in [7, 11) is 0. The molecule has 1 fully saturated rings. The Bertz CT molecular complexity index is 474. The molecule has 2 unspecified atom stereocenters. The highest BCUT2D eigenvalue weighted by molar-refractivity contribution is 5.94. The van der Waals surface area contributed by atoms with E-state index in [1.54, 1.807) is 6.07 Å². The van der Waals surface area contributed by atoms with Crippen LogP contribution in [-0.4, -0.2) is 19.1 Å². The summed E-state index contributed by atoms with van der Waals surface area (Å²) in [5, 5.41) is 0. The first-order valence-corrected chi connectivity index (χ1v) is 7.35. The molecule has 0 aromatic heterocycles. The summed E-state index contributed by atoms with van der Waals surface area (Å²) in [6.07, 6.45) is 4.96. The number of nitrogens with two attached hydrogens (primary N) is 2. The first-order valence-electron chi connectivity index (χ1n) is 7.35. The lowest BCUT2D eigenvalue weighted by Crippen LogP contribution is -2.30. The van der Waals surface area contributed by atoms with Crippen molar-refractivity contribution in [2.75, 3.05) is 13.2 Å². The van der Waals surface area contributed by atoms with E-state index in [1.165, 1.54) is 25.7 Å². The Balaban J connectivity index is 1.96. The third kappa shape index (κ3) is 3.51. The van der Waals surface area contributed by atoms with Gasteiger partial charge in [-0.05, 0) is 61.9 Å². The standard InChI is InChI=1S/C16H24N2O2/c1-11-8-14(6-7-15(11)16(18)19)20-10-13-5-3-2-4-12(13)9-17/h6-8,12-13H,2-5,9-10,17H2,1H3,(H2,18,19). The summed E-state index contributed by atoms with van der Waals surface area (Å²) in [5.74, 6) is 1.53. The van der Waals surface area contributed by atoms with Gasteiger partial charge >= 0.3 is 0 Å². The highest BCUT2D eigenvalue weighted by Crippen LogP contribution is 2.30. The Hall–Kier alpha value is -1.55. The zero-order valence-corrected chi connectivity index (χ0v) is 12.1. The molecular weight excluding hydrogens is 252 g/mol. The minimum Gasteiger partial charge on any atom is -0.493 e. The van der Waals surface area contributed by atoms with E-state index in [0.717, 1.165) is 17.9 Å². The molecule has 1 amide bonds. The highest BCUT2D eigenvalue weighted by Gasteiger charge is 2.24. The van der Waals surface area contributed by atoms with Gasteiger partial charge in [-0.25, -0.2) is 0 Å². The van der Waals surface area contributed by atoms with Gasteiger partial charge in [0.05, 0.1) is 6.61 Å². The molecule has 2 atom stereocenters. The van der Waals surface area contributed by atoms with E-state index in [0.29, 0.717) is 24.0 Å². The fourth-order valence-electron chi connectivity index (χ4n) is 3.02. The molecule has 1 aromatic rings. The maximum absolute atomic E-state index is 11.2. The molecule has 4 nitrogen and oxygen atoms in total. The summed E-state index contributed by atoms with van der Waals surface area (Å²) in [5.41, 5.74) is 12.5. The van der Waals surface area contributed by atoms with Crippen molar-refractivity contribution in [3.8, 4) is 5.75 Å². The van der Waals surface area contributed by atoms with Gasteiger partial charge in [0.15, 0.2) is 0 Å². The van der Waals surface area contributed by atoms with E-state index in [9.17, 15) is 4.79 Å². The van der Waals surface area contributed by atoms with Crippen LogP contribution in [0.15, 0.2) is 18.2 Å². The first-order chi connectivity index (χ1) is 9.61. The molecule has 0 radical (unpaired) electrons. The summed E-state index contributed by atoms with van der Waals surface area (Å²) >= 11 is 0. The number of hydrogen-bond donors (Lipinski definition) is 2. The largest absolute Gasteiger partial charge is 0.493 e. The molecule has 1 aliphatic carbocycles. The Morgan fingerprint density at radius 1 is 1.30 bits per heavy atom. The molecule has 0 bridgehead atoms. The van der Waals surface area contributed by atoms with E-state index >= 15 is 0 Å². The zero-order valence-electron chi connectivity index (χ0n) is 12.1. The lowest BCUT2D eigenvalue weighted by atomic mass is 9.80. The van der Waals surface area contributed by atoms with Crippen LogP contribution in [0.5, 0.6) is 5.75 Å². The van der Waals surface area contributed by atoms with Gasteiger partial charge < -0.3 is 16.2 Å². The number of aryl methyl sites for hydroxylation is 1. The second-order valence-electron chi connectivity index (χ2n) is 5.69. The van der Waals surface area contributed by atoms with E-state index in [1.807, 2.05) is 19.1 Å². The van der Waals surface area contributed by atoms with Gasteiger partial charge in [-0.2, -0.15) is 0 Å². The van der Waals surface area contributed by atoms with Gasteiger partial charge in [0.25, 0.3) is 0 Å². The topological polar surface area (TPSA) is 78.3 Å². The van der Waals surface area contributed by atoms with Gasteiger partial charge in [-0.1, -0.05) is 12.8 Å². The van der Waals surface area contributed by atoms with E-state index in [2.05, 4.69) is 0 Å². The molecule has 4 heteroatoms. The third-order valence-corrected chi connectivity index (χ3v) is 4.30. The number of hydrogen-bond acceptors (Lipinski definition) is 3. The van der Waals surface area contributed by atoms with Gasteiger partial charge in [-0.15, -0.1) is 0 Å². The Kier molecular flexibility index (Phi) is 5.01. The Morgan fingerprint density at radius 3 is 2.60 bits per heavy atom. The van der Waals surface area contributed by atoms with Crippen molar-refractivity contribution in [2.45, 2.75) is 32.6 Å². The van der Waals surface area contributed by atoms with Crippen molar-refractivity contribution in [2.24, 2.45) is 23.3 Å². The number of carbonyl (C=O) groups is 1. The molecule has 2 rings (SSSR count). The molecule has 0 heterocycles. The normalized spacial score (nSPS) is 22.5. The Morgan fingerprint density at radius 2 is 2.00 bits per heavy atom. The first kappa shape index (κ1) is 14.9. The van der Waals surface area contributed by atoms with Crippen LogP contribution in [0, 0.1) is 18.8 Å². The van der Waals surface area contributed by atoms with Crippen LogP contribution in [-0.2, 0) is 0 Å². The van der Waals surface area contributed by atoms with Crippen LogP contribution < -0.4 is 16.2 Å². The van der Waals surface area contributed by atoms with Crippen LogP contribution in [0.4, 0.5) is 0 Å². The lowest BCUT2D eigenvalue weighted by Gasteiger charge is -2.30. The Labute approximate surface area is 120 Å². The molecule has 1 aromatic carbocycles. The van der Waals surface area contributed by atoms with Gasteiger partial charge in [0, 0.05) is 5.56 Å². The van der Waals surface area contributed by atoms with Crippen molar-refractivity contribution >= 4 is 5.91 Å². The minimum absolute atomic E-state index is 0.399. The van der Waals surface area contributed by atoms with Crippen LogP contribution in [0.2, 0.25) is 0 Å². The van der Waals surface area contributed by atoms with E-state index < -0.39 is 5.91 Å². The molecular formula is C16H24N2O2. The fourth-order valence-corrected chi connectivity index (χ4v) is 3.02. The van der Waals surface area contributed by atoms with Gasteiger partial charge in [0.2, 0.25) is 5.91 Å². The molecule has 0 aliphatic heterocycles. The summed E-state index contributed by atoms with van der Waals surface area (Å²) in [4.78, 5) is 11.2. The summed E-state index contributed by atoms with van der Waals surface area (Å²) in [6.45, 7) is 3.32.